The van der Waals surface area contributed by atoms with Gasteiger partial charge >= 0.3 is 5.97 Å². The van der Waals surface area contributed by atoms with E-state index in [-0.39, 0.29) is 5.97 Å². The molecule has 0 unspecified atom stereocenters. The summed E-state index contributed by atoms with van der Waals surface area (Å²) in [5.41, 5.74) is 2.74. The van der Waals surface area contributed by atoms with Crippen LogP contribution in [0, 0.1) is 6.92 Å². The Morgan fingerprint density at radius 2 is 2.11 bits per heavy atom. The second kappa shape index (κ2) is 5.87. The van der Waals surface area contributed by atoms with Gasteiger partial charge in [-0.3, -0.25) is 0 Å². The zero-order valence-corrected chi connectivity index (χ0v) is 10.9. The molecule has 1 aromatic rings. The van der Waals surface area contributed by atoms with Crippen LogP contribution in [0.25, 0.3) is 0 Å². The van der Waals surface area contributed by atoms with E-state index in [1.54, 1.807) is 0 Å². The Kier molecular flexibility index (Phi) is 4.20. The minimum absolute atomic E-state index is 0.251. The van der Waals surface area contributed by atoms with Crippen LogP contribution in [-0.4, -0.2) is 38.9 Å². The lowest BCUT2D eigenvalue weighted by Crippen LogP contribution is -2.37. The fourth-order valence-corrected chi connectivity index (χ4v) is 2.09. The quantitative estimate of drug-likeness (QED) is 0.768. The summed E-state index contributed by atoms with van der Waals surface area (Å²) in [7, 11) is 0. The van der Waals surface area contributed by atoms with Gasteiger partial charge < -0.3 is 14.4 Å². The van der Waals surface area contributed by atoms with Crippen LogP contribution >= 0.6 is 0 Å². The van der Waals surface area contributed by atoms with Crippen LogP contribution in [0.2, 0.25) is 0 Å². The van der Waals surface area contributed by atoms with Gasteiger partial charge in [-0.1, -0.05) is 6.07 Å². The molecule has 0 aliphatic carbocycles. The number of benzene rings is 1. The maximum Gasteiger partial charge on any atom is 0.340 e. The Morgan fingerprint density at radius 1 is 1.39 bits per heavy atom. The molecule has 0 atom stereocenters. The Labute approximate surface area is 107 Å². The van der Waals surface area contributed by atoms with Crippen LogP contribution in [-0.2, 0) is 9.47 Å². The third kappa shape index (κ3) is 2.82. The van der Waals surface area contributed by atoms with E-state index in [0.717, 1.165) is 24.3 Å². The van der Waals surface area contributed by atoms with Gasteiger partial charge in [0.05, 0.1) is 31.1 Å². The number of carbonyl (C=O) groups excluding carboxylic acids is 1. The normalized spacial score (nSPS) is 15.6. The monoisotopic (exact) mass is 249 g/mol. The van der Waals surface area contributed by atoms with Crippen LogP contribution in [0.5, 0.6) is 0 Å². The predicted molar refractivity (Wildman–Crippen MR) is 70.2 cm³/mol. The van der Waals surface area contributed by atoms with Crippen LogP contribution in [0.3, 0.4) is 0 Å². The third-order valence-corrected chi connectivity index (χ3v) is 3.00. The minimum atomic E-state index is -0.251. The molecule has 98 valence electrons. The zero-order chi connectivity index (χ0) is 13.0. The van der Waals surface area contributed by atoms with Crippen molar-refractivity contribution in [2.24, 2.45) is 0 Å². The van der Waals surface area contributed by atoms with Crippen LogP contribution in [0.1, 0.15) is 22.8 Å². The summed E-state index contributed by atoms with van der Waals surface area (Å²) < 4.78 is 10.4. The highest BCUT2D eigenvalue weighted by Crippen LogP contribution is 2.24. The molecular formula is C14H19NO3. The number of aryl methyl sites for hydroxylation is 1. The van der Waals surface area contributed by atoms with Crippen molar-refractivity contribution in [3.8, 4) is 0 Å². The number of hydrogen-bond acceptors (Lipinski definition) is 4. The molecule has 1 aromatic carbocycles. The fraction of sp³-hybridized carbons (Fsp3) is 0.500. The average molecular weight is 249 g/mol. The number of rotatable bonds is 3. The molecule has 0 N–H and O–H groups in total. The van der Waals surface area contributed by atoms with Gasteiger partial charge in [0.2, 0.25) is 0 Å². The van der Waals surface area contributed by atoms with E-state index in [1.165, 1.54) is 0 Å². The van der Waals surface area contributed by atoms with Crippen LogP contribution in [0.4, 0.5) is 5.69 Å². The molecule has 0 radical (unpaired) electrons. The van der Waals surface area contributed by atoms with E-state index in [0.29, 0.717) is 25.4 Å². The molecule has 0 saturated carbocycles. The number of morpholine rings is 1. The number of carbonyl (C=O) groups is 1. The minimum Gasteiger partial charge on any atom is -0.462 e. The second-order valence-electron chi connectivity index (χ2n) is 4.34. The molecular weight excluding hydrogens is 230 g/mol. The zero-order valence-electron chi connectivity index (χ0n) is 10.9. The Hall–Kier alpha value is -1.55. The standard InChI is InChI=1S/C14H19NO3/c1-3-18-14(16)12-5-4-11(2)10-13(12)15-6-8-17-9-7-15/h4-5,10H,3,6-9H2,1-2H3. The van der Waals surface area contributed by atoms with Crippen LogP contribution in [0.15, 0.2) is 18.2 Å². The van der Waals surface area contributed by atoms with E-state index in [9.17, 15) is 4.79 Å². The Morgan fingerprint density at radius 3 is 2.78 bits per heavy atom. The average Bonchev–Trinajstić information content (AvgIpc) is 2.40. The molecule has 1 aliphatic rings. The van der Waals surface area contributed by atoms with Crippen molar-refractivity contribution in [1.82, 2.24) is 0 Å². The van der Waals surface area contributed by atoms with E-state index < -0.39 is 0 Å². The molecule has 18 heavy (non-hydrogen) atoms. The number of esters is 1. The topological polar surface area (TPSA) is 38.8 Å². The first-order valence-electron chi connectivity index (χ1n) is 6.33. The summed E-state index contributed by atoms with van der Waals surface area (Å²) in [4.78, 5) is 14.1. The third-order valence-electron chi connectivity index (χ3n) is 3.00. The first kappa shape index (κ1) is 12.9. The molecule has 0 aromatic heterocycles. The van der Waals surface area contributed by atoms with E-state index in [4.69, 9.17) is 9.47 Å². The molecule has 2 rings (SSSR count). The molecule has 4 heteroatoms. The number of ether oxygens (including phenoxy) is 2. The van der Waals surface area contributed by atoms with Gasteiger partial charge in [0, 0.05) is 13.1 Å². The summed E-state index contributed by atoms with van der Waals surface area (Å²) in [6, 6.07) is 5.83. The van der Waals surface area contributed by atoms with Gasteiger partial charge in [-0.25, -0.2) is 4.79 Å². The fourth-order valence-electron chi connectivity index (χ4n) is 2.09. The van der Waals surface area contributed by atoms with Gasteiger partial charge in [0.15, 0.2) is 0 Å². The first-order chi connectivity index (χ1) is 8.72. The van der Waals surface area contributed by atoms with E-state index in [1.807, 2.05) is 32.0 Å². The van der Waals surface area contributed by atoms with Gasteiger partial charge in [0.1, 0.15) is 0 Å². The highest BCUT2D eigenvalue weighted by atomic mass is 16.5. The molecule has 1 saturated heterocycles. The summed E-state index contributed by atoms with van der Waals surface area (Å²) >= 11 is 0. The lowest BCUT2D eigenvalue weighted by Gasteiger charge is -2.30. The summed E-state index contributed by atoms with van der Waals surface area (Å²) in [5, 5.41) is 0. The highest BCUT2D eigenvalue weighted by molar-refractivity contribution is 5.96. The molecule has 0 amide bonds. The molecule has 1 aliphatic heterocycles. The molecule has 4 nitrogen and oxygen atoms in total. The summed E-state index contributed by atoms with van der Waals surface area (Å²) in [5.74, 6) is -0.251. The number of hydrogen-bond donors (Lipinski definition) is 0. The van der Waals surface area contributed by atoms with Crippen LogP contribution < -0.4 is 4.90 Å². The largest absolute Gasteiger partial charge is 0.462 e. The maximum absolute atomic E-state index is 11.9. The molecule has 1 heterocycles. The van der Waals surface area contributed by atoms with Crippen molar-refractivity contribution >= 4 is 11.7 Å². The van der Waals surface area contributed by atoms with Crippen molar-refractivity contribution in [3.63, 3.8) is 0 Å². The van der Waals surface area contributed by atoms with E-state index >= 15 is 0 Å². The van der Waals surface area contributed by atoms with E-state index in [2.05, 4.69) is 4.90 Å². The van der Waals surface area contributed by atoms with Gasteiger partial charge in [-0.05, 0) is 31.5 Å². The number of nitrogens with zero attached hydrogens (tertiary/aromatic N) is 1. The number of anilines is 1. The smallest absolute Gasteiger partial charge is 0.340 e. The lowest BCUT2D eigenvalue weighted by molar-refractivity contribution is 0.0526. The molecule has 0 bridgehead atoms. The van der Waals surface area contributed by atoms with Crippen molar-refractivity contribution in [2.75, 3.05) is 37.8 Å². The van der Waals surface area contributed by atoms with Crippen molar-refractivity contribution in [1.29, 1.82) is 0 Å². The Bertz CT molecular complexity index is 425. The van der Waals surface area contributed by atoms with Gasteiger partial charge in [0.25, 0.3) is 0 Å². The summed E-state index contributed by atoms with van der Waals surface area (Å²) in [6.07, 6.45) is 0. The van der Waals surface area contributed by atoms with Gasteiger partial charge in [-0.15, -0.1) is 0 Å². The lowest BCUT2D eigenvalue weighted by atomic mass is 10.1. The van der Waals surface area contributed by atoms with Crippen molar-refractivity contribution in [2.45, 2.75) is 13.8 Å². The molecule has 0 spiro atoms. The van der Waals surface area contributed by atoms with Crippen molar-refractivity contribution in [3.05, 3.63) is 29.3 Å². The Balaban J connectivity index is 2.30. The second-order valence-corrected chi connectivity index (χ2v) is 4.34. The maximum atomic E-state index is 11.9. The van der Waals surface area contributed by atoms with Gasteiger partial charge in [-0.2, -0.15) is 0 Å². The predicted octanol–water partition coefficient (Wildman–Crippen LogP) is 2.01. The van der Waals surface area contributed by atoms with Crippen molar-refractivity contribution < 1.29 is 14.3 Å². The molecule has 1 fully saturated rings. The summed E-state index contributed by atoms with van der Waals surface area (Å²) in [6.45, 7) is 7.28. The first-order valence-corrected chi connectivity index (χ1v) is 6.33. The highest BCUT2D eigenvalue weighted by Gasteiger charge is 2.19. The SMILES string of the molecule is CCOC(=O)c1ccc(C)cc1N1CCOCC1.